The topological polar surface area (TPSA) is 33.2 Å². The Balaban J connectivity index is 2.26. The summed E-state index contributed by atoms with van der Waals surface area (Å²) in [6.45, 7) is 4.91. The normalized spacial score (nSPS) is 20.6. The van der Waals surface area contributed by atoms with E-state index in [4.69, 9.17) is 0 Å². The van der Waals surface area contributed by atoms with Crippen molar-refractivity contribution in [2.45, 2.75) is 52.0 Å². The Morgan fingerprint density at radius 1 is 1.44 bits per heavy atom. The van der Waals surface area contributed by atoms with Crippen LogP contribution in [0.15, 0.2) is 18.3 Å². The smallest absolute Gasteiger partial charge is 0.159 e. The van der Waals surface area contributed by atoms with Gasteiger partial charge in [-0.2, -0.15) is 0 Å². The quantitative estimate of drug-likeness (QED) is 0.766. The second-order valence-corrected chi connectivity index (χ2v) is 5.06. The first-order chi connectivity index (χ1) is 8.72. The second kappa shape index (κ2) is 5.98. The van der Waals surface area contributed by atoms with Gasteiger partial charge in [-0.25, -0.2) is 4.98 Å². The molecule has 1 aliphatic heterocycles. The van der Waals surface area contributed by atoms with Gasteiger partial charge in [0.25, 0.3) is 0 Å². The average Bonchev–Trinajstić information content (AvgIpc) is 2.63. The lowest BCUT2D eigenvalue weighted by molar-refractivity contribution is 0.101. The third kappa shape index (κ3) is 2.89. The fourth-order valence-electron chi connectivity index (χ4n) is 2.70. The molecule has 1 unspecified atom stereocenters. The van der Waals surface area contributed by atoms with Gasteiger partial charge in [-0.15, -0.1) is 0 Å². The zero-order valence-electron chi connectivity index (χ0n) is 11.4. The van der Waals surface area contributed by atoms with Crippen LogP contribution in [0.25, 0.3) is 0 Å². The molecule has 0 bridgehead atoms. The number of nitrogens with zero attached hydrogens (tertiary/aromatic N) is 2. The number of aromatic nitrogens is 1. The van der Waals surface area contributed by atoms with E-state index in [0.29, 0.717) is 6.04 Å². The summed E-state index contributed by atoms with van der Waals surface area (Å²) in [6.07, 6.45) is 7.97. The van der Waals surface area contributed by atoms with E-state index in [9.17, 15) is 4.79 Å². The predicted molar refractivity (Wildman–Crippen MR) is 74.1 cm³/mol. The molecule has 98 valence electrons. The Kier molecular flexibility index (Phi) is 4.34. The largest absolute Gasteiger partial charge is 0.354 e. The predicted octanol–water partition coefficient (Wildman–Crippen LogP) is 3.44. The number of rotatable bonds is 3. The first-order valence-electron chi connectivity index (χ1n) is 6.96. The van der Waals surface area contributed by atoms with E-state index in [0.717, 1.165) is 24.3 Å². The molecule has 1 fully saturated rings. The number of carbonyl (C=O) groups excluding carboxylic acids is 1. The van der Waals surface area contributed by atoms with Gasteiger partial charge in [0.1, 0.15) is 5.82 Å². The highest BCUT2D eigenvalue weighted by Gasteiger charge is 2.21. The van der Waals surface area contributed by atoms with E-state index in [1.165, 1.54) is 25.7 Å². The zero-order valence-corrected chi connectivity index (χ0v) is 11.4. The van der Waals surface area contributed by atoms with Crippen LogP contribution in [0.3, 0.4) is 0 Å². The highest BCUT2D eigenvalue weighted by Crippen LogP contribution is 2.24. The standard InChI is InChI=1S/C15H22N2O/c1-3-14-7-5-4-6-10-17(14)15-11-13(12(2)18)8-9-16-15/h8-9,11,14H,3-7,10H2,1-2H3. The van der Waals surface area contributed by atoms with Crippen LogP contribution in [0.2, 0.25) is 0 Å². The molecule has 1 aromatic heterocycles. The van der Waals surface area contributed by atoms with E-state index >= 15 is 0 Å². The first-order valence-corrected chi connectivity index (χ1v) is 6.96. The molecule has 0 amide bonds. The first kappa shape index (κ1) is 13.1. The fraction of sp³-hybridized carbons (Fsp3) is 0.600. The molecule has 0 aliphatic carbocycles. The van der Waals surface area contributed by atoms with Gasteiger partial charge in [-0.3, -0.25) is 4.79 Å². The SMILES string of the molecule is CCC1CCCCCN1c1cc(C(C)=O)ccn1. The highest BCUT2D eigenvalue weighted by atomic mass is 16.1. The van der Waals surface area contributed by atoms with E-state index in [1.54, 1.807) is 19.2 Å². The van der Waals surface area contributed by atoms with E-state index in [2.05, 4.69) is 16.8 Å². The Morgan fingerprint density at radius 3 is 3.00 bits per heavy atom. The van der Waals surface area contributed by atoms with Gasteiger partial charge in [-0.05, 0) is 38.3 Å². The molecule has 0 saturated carbocycles. The molecular weight excluding hydrogens is 224 g/mol. The Bertz CT molecular complexity index is 417. The number of Topliss-reactive ketones (excluding diaryl/α,β-unsaturated/α-hetero) is 1. The lowest BCUT2D eigenvalue weighted by Gasteiger charge is -2.30. The number of pyridine rings is 1. The van der Waals surface area contributed by atoms with Crippen molar-refractivity contribution >= 4 is 11.6 Å². The molecule has 2 rings (SSSR count). The number of ketones is 1. The van der Waals surface area contributed by atoms with Crippen molar-refractivity contribution < 1.29 is 4.79 Å². The summed E-state index contributed by atoms with van der Waals surface area (Å²) in [4.78, 5) is 18.3. The summed E-state index contributed by atoms with van der Waals surface area (Å²) in [7, 11) is 0. The van der Waals surface area contributed by atoms with Crippen molar-refractivity contribution in [3.63, 3.8) is 0 Å². The van der Waals surface area contributed by atoms with Crippen LogP contribution in [0.1, 0.15) is 56.3 Å². The van der Waals surface area contributed by atoms with Gasteiger partial charge in [0.15, 0.2) is 5.78 Å². The molecule has 18 heavy (non-hydrogen) atoms. The van der Waals surface area contributed by atoms with E-state index in [1.807, 2.05) is 6.07 Å². The third-order valence-electron chi connectivity index (χ3n) is 3.79. The molecule has 1 aromatic rings. The maximum Gasteiger partial charge on any atom is 0.159 e. The van der Waals surface area contributed by atoms with Gasteiger partial charge >= 0.3 is 0 Å². The van der Waals surface area contributed by atoms with Crippen LogP contribution in [0, 0.1) is 0 Å². The van der Waals surface area contributed by atoms with E-state index in [-0.39, 0.29) is 5.78 Å². The van der Waals surface area contributed by atoms with Gasteiger partial charge in [-0.1, -0.05) is 19.8 Å². The lowest BCUT2D eigenvalue weighted by Crippen LogP contribution is -2.35. The molecule has 1 atom stereocenters. The molecule has 3 heteroatoms. The Hall–Kier alpha value is -1.38. The number of hydrogen-bond acceptors (Lipinski definition) is 3. The summed E-state index contributed by atoms with van der Waals surface area (Å²) in [5, 5.41) is 0. The zero-order chi connectivity index (χ0) is 13.0. The van der Waals surface area contributed by atoms with Crippen molar-refractivity contribution in [2.75, 3.05) is 11.4 Å². The summed E-state index contributed by atoms with van der Waals surface area (Å²) >= 11 is 0. The van der Waals surface area contributed by atoms with Crippen LogP contribution in [0.4, 0.5) is 5.82 Å². The van der Waals surface area contributed by atoms with E-state index < -0.39 is 0 Å². The summed E-state index contributed by atoms with van der Waals surface area (Å²) < 4.78 is 0. The van der Waals surface area contributed by atoms with Crippen LogP contribution in [0.5, 0.6) is 0 Å². The maximum atomic E-state index is 11.5. The number of anilines is 1. The minimum absolute atomic E-state index is 0.113. The second-order valence-electron chi connectivity index (χ2n) is 5.06. The fourth-order valence-corrected chi connectivity index (χ4v) is 2.70. The van der Waals surface area contributed by atoms with Crippen LogP contribution in [-0.2, 0) is 0 Å². The van der Waals surface area contributed by atoms with Gasteiger partial charge in [0.2, 0.25) is 0 Å². The lowest BCUT2D eigenvalue weighted by atomic mass is 10.1. The van der Waals surface area contributed by atoms with Crippen molar-refractivity contribution in [1.29, 1.82) is 0 Å². The number of carbonyl (C=O) groups is 1. The number of hydrogen-bond donors (Lipinski definition) is 0. The molecule has 0 N–H and O–H groups in total. The van der Waals surface area contributed by atoms with Crippen molar-refractivity contribution in [3.8, 4) is 0 Å². The molecule has 0 spiro atoms. The van der Waals surface area contributed by atoms with Gasteiger partial charge in [0.05, 0.1) is 0 Å². The minimum atomic E-state index is 0.113. The molecular formula is C15H22N2O. The Morgan fingerprint density at radius 2 is 2.28 bits per heavy atom. The van der Waals surface area contributed by atoms with Crippen LogP contribution in [-0.4, -0.2) is 23.4 Å². The molecule has 1 saturated heterocycles. The summed E-state index contributed by atoms with van der Waals surface area (Å²) in [6, 6.07) is 4.31. The third-order valence-corrected chi connectivity index (χ3v) is 3.79. The Labute approximate surface area is 109 Å². The molecule has 2 heterocycles. The molecule has 0 radical (unpaired) electrons. The molecule has 1 aliphatic rings. The summed E-state index contributed by atoms with van der Waals surface area (Å²) in [5.41, 5.74) is 0.763. The van der Waals surface area contributed by atoms with Crippen molar-refractivity contribution in [3.05, 3.63) is 23.9 Å². The maximum absolute atomic E-state index is 11.5. The van der Waals surface area contributed by atoms with Gasteiger partial charge < -0.3 is 4.90 Å². The van der Waals surface area contributed by atoms with Crippen LogP contribution < -0.4 is 4.90 Å². The molecule has 0 aromatic carbocycles. The highest BCUT2D eigenvalue weighted by molar-refractivity contribution is 5.94. The van der Waals surface area contributed by atoms with Crippen molar-refractivity contribution in [1.82, 2.24) is 4.98 Å². The monoisotopic (exact) mass is 246 g/mol. The average molecular weight is 246 g/mol. The van der Waals surface area contributed by atoms with Gasteiger partial charge in [0, 0.05) is 24.3 Å². The molecule has 3 nitrogen and oxygen atoms in total. The van der Waals surface area contributed by atoms with Crippen LogP contribution >= 0.6 is 0 Å². The van der Waals surface area contributed by atoms with Crippen molar-refractivity contribution in [2.24, 2.45) is 0 Å². The summed E-state index contributed by atoms with van der Waals surface area (Å²) in [5.74, 6) is 1.08. The minimum Gasteiger partial charge on any atom is -0.354 e.